The number of rotatable bonds is 3. The third-order valence-electron chi connectivity index (χ3n) is 2.08. The second-order valence-corrected chi connectivity index (χ2v) is 5.87. The molecule has 0 bridgehead atoms. The summed E-state index contributed by atoms with van der Waals surface area (Å²) >= 11 is 1.68. The van der Waals surface area contributed by atoms with Crippen LogP contribution < -0.4 is 10.5 Å². The molecule has 0 amide bonds. The maximum Gasteiger partial charge on any atom is 0.120 e. The van der Waals surface area contributed by atoms with Gasteiger partial charge in [-0.3, -0.25) is 0 Å². The summed E-state index contributed by atoms with van der Waals surface area (Å²) in [4.78, 5) is 4.40. The van der Waals surface area contributed by atoms with Crippen LogP contribution in [0.2, 0.25) is 0 Å². The Bertz CT molecular complexity index is 499. The topological polar surface area (TPSA) is 48.1 Å². The van der Waals surface area contributed by atoms with Gasteiger partial charge in [0.2, 0.25) is 0 Å². The van der Waals surface area contributed by atoms with E-state index in [1.807, 2.05) is 39.0 Å². The Morgan fingerprint density at radius 3 is 2.88 bits per heavy atom. The van der Waals surface area contributed by atoms with Crippen molar-refractivity contribution in [3.8, 4) is 5.75 Å². The number of hydrogen-bond acceptors (Lipinski definition) is 4. The Morgan fingerprint density at radius 2 is 2.19 bits per heavy atom. The van der Waals surface area contributed by atoms with Gasteiger partial charge in [0.1, 0.15) is 12.4 Å². The molecule has 3 nitrogen and oxygen atoms in total. The molecule has 2 aromatic rings. The van der Waals surface area contributed by atoms with Gasteiger partial charge in [-0.1, -0.05) is 0 Å². The first-order chi connectivity index (χ1) is 7.44. The maximum atomic E-state index is 5.87. The highest BCUT2D eigenvalue weighted by molar-refractivity contribution is 7.18. The normalized spacial score (nSPS) is 12.0. The van der Waals surface area contributed by atoms with Gasteiger partial charge in [0.25, 0.3) is 0 Å². The summed E-state index contributed by atoms with van der Waals surface area (Å²) < 4.78 is 6.80. The van der Waals surface area contributed by atoms with Crippen LogP contribution in [0.4, 0.5) is 0 Å². The molecule has 0 spiro atoms. The Balaban J connectivity index is 2.19. The molecule has 16 heavy (non-hydrogen) atoms. The van der Waals surface area contributed by atoms with Crippen molar-refractivity contribution in [1.82, 2.24) is 4.98 Å². The standard InChI is InChI=1S/C12H16N2OS/c1-8-14-10-5-4-9(6-11(10)16-8)15-7-12(2,3)13/h4-6H,7,13H2,1-3H3. The van der Waals surface area contributed by atoms with Crippen molar-refractivity contribution in [2.24, 2.45) is 5.73 Å². The number of hydrogen-bond donors (Lipinski definition) is 1. The van der Waals surface area contributed by atoms with E-state index in [1.165, 1.54) is 0 Å². The Hall–Kier alpha value is -1.13. The third kappa shape index (κ3) is 2.71. The van der Waals surface area contributed by atoms with Gasteiger partial charge in [0.15, 0.2) is 0 Å². The van der Waals surface area contributed by atoms with Crippen molar-refractivity contribution in [3.05, 3.63) is 23.2 Å². The van der Waals surface area contributed by atoms with Gasteiger partial charge in [0.05, 0.1) is 15.2 Å². The molecule has 2 rings (SSSR count). The zero-order valence-electron chi connectivity index (χ0n) is 9.78. The highest BCUT2D eigenvalue weighted by atomic mass is 32.1. The molecular formula is C12H16N2OS. The van der Waals surface area contributed by atoms with Crippen molar-refractivity contribution in [2.75, 3.05) is 6.61 Å². The number of nitrogens with two attached hydrogens (primary N) is 1. The van der Waals surface area contributed by atoms with Crippen LogP contribution in [-0.2, 0) is 0 Å². The van der Waals surface area contributed by atoms with Crippen LogP contribution in [0.5, 0.6) is 5.75 Å². The summed E-state index contributed by atoms with van der Waals surface area (Å²) in [6.07, 6.45) is 0. The predicted molar refractivity (Wildman–Crippen MR) is 68.1 cm³/mol. The Kier molecular flexibility index (Phi) is 2.86. The highest BCUT2D eigenvalue weighted by Gasteiger charge is 2.11. The molecule has 0 atom stereocenters. The number of ether oxygens (including phenoxy) is 1. The second kappa shape index (κ2) is 4.03. The van der Waals surface area contributed by atoms with Crippen LogP contribution >= 0.6 is 11.3 Å². The lowest BCUT2D eigenvalue weighted by molar-refractivity contribution is 0.243. The fourth-order valence-corrected chi connectivity index (χ4v) is 2.23. The fraction of sp³-hybridized carbons (Fsp3) is 0.417. The van der Waals surface area contributed by atoms with E-state index in [-0.39, 0.29) is 5.54 Å². The van der Waals surface area contributed by atoms with E-state index < -0.39 is 0 Å². The van der Waals surface area contributed by atoms with E-state index in [0.29, 0.717) is 6.61 Å². The van der Waals surface area contributed by atoms with Crippen LogP contribution in [0.15, 0.2) is 18.2 Å². The molecular weight excluding hydrogens is 220 g/mol. The molecule has 86 valence electrons. The number of aryl methyl sites for hydroxylation is 1. The monoisotopic (exact) mass is 236 g/mol. The van der Waals surface area contributed by atoms with Gasteiger partial charge in [-0.15, -0.1) is 11.3 Å². The fourth-order valence-electron chi connectivity index (χ4n) is 1.38. The first-order valence-electron chi connectivity index (χ1n) is 5.23. The number of nitrogens with zero attached hydrogens (tertiary/aromatic N) is 1. The predicted octanol–water partition coefficient (Wildman–Crippen LogP) is 2.72. The van der Waals surface area contributed by atoms with E-state index in [2.05, 4.69) is 4.98 Å². The summed E-state index contributed by atoms with van der Waals surface area (Å²) in [6.45, 7) is 6.41. The molecule has 2 N–H and O–H groups in total. The summed E-state index contributed by atoms with van der Waals surface area (Å²) in [5.41, 5.74) is 6.59. The molecule has 1 aromatic heterocycles. The highest BCUT2D eigenvalue weighted by Crippen LogP contribution is 2.26. The smallest absolute Gasteiger partial charge is 0.120 e. The number of aromatic nitrogens is 1. The van der Waals surface area contributed by atoms with Crippen molar-refractivity contribution >= 4 is 21.6 Å². The molecule has 0 saturated heterocycles. The van der Waals surface area contributed by atoms with Gasteiger partial charge in [0, 0.05) is 5.54 Å². The lowest BCUT2D eigenvalue weighted by Gasteiger charge is -2.18. The van der Waals surface area contributed by atoms with Crippen molar-refractivity contribution in [1.29, 1.82) is 0 Å². The molecule has 0 aliphatic heterocycles. The summed E-state index contributed by atoms with van der Waals surface area (Å²) in [5, 5.41) is 1.08. The molecule has 0 unspecified atom stereocenters. The first-order valence-corrected chi connectivity index (χ1v) is 6.05. The van der Waals surface area contributed by atoms with Crippen molar-refractivity contribution < 1.29 is 4.74 Å². The minimum Gasteiger partial charge on any atom is -0.492 e. The lowest BCUT2D eigenvalue weighted by atomic mass is 10.1. The Labute approximate surface area is 99.3 Å². The second-order valence-electron chi connectivity index (χ2n) is 4.64. The van der Waals surface area contributed by atoms with Crippen LogP contribution in [0.1, 0.15) is 18.9 Å². The lowest BCUT2D eigenvalue weighted by Crippen LogP contribution is -2.38. The van der Waals surface area contributed by atoms with Gasteiger partial charge in [-0.2, -0.15) is 0 Å². The minimum absolute atomic E-state index is 0.307. The molecule has 0 saturated carbocycles. The zero-order chi connectivity index (χ0) is 11.8. The average Bonchev–Trinajstić information content (AvgIpc) is 2.52. The van der Waals surface area contributed by atoms with E-state index >= 15 is 0 Å². The number of fused-ring (bicyclic) bond motifs is 1. The van der Waals surface area contributed by atoms with Crippen molar-refractivity contribution in [3.63, 3.8) is 0 Å². The molecule has 0 radical (unpaired) electrons. The molecule has 0 fully saturated rings. The minimum atomic E-state index is -0.307. The van der Waals surface area contributed by atoms with Crippen LogP contribution in [-0.4, -0.2) is 17.1 Å². The van der Waals surface area contributed by atoms with Gasteiger partial charge in [-0.05, 0) is 39.0 Å². The quantitative estimate of drug-likeness (QED) is 0.891. The SMILES string of the molecule is Cc1nc2ccc(OCC(C)(C)N)cc2s1. The Morgan fingerprint density at radius 1 is 1.44 bits per heavy atom. The maximum absolute atomic E-state index is 5.87. The molecule has 4 heteroatoms. The van der Waals surface area contributed by atoms with Crippen LogP contribution in [0.3, 0.4) is 0 Å². The van der Waals surface area contributed by atoms with E-state index in [1.54, 1.807) is 11.3 Å². The van der Waals surface area contributed by atoms with Crippen LogP contribution in [0, 0.1) is 6.92 Å². The molecule has 0 aliphatic rings. The summed E-state index contributed by atoms with van der Waals surface area (Å²) in [7, 11) is 0. The van der Waals surface area contributed by atoms with Gasteiger partial charge >= 0.3 is 0 Å². The van der Waals surface area contributed by atoms with Crippen LogP contribution in [0.25, 0.3) is 10.2 Å². The summed E-state index contributed by atoms with van der Waals surface area (Å²) in [5.74, 6) is 0.856. The first kappa shape index (κ1) is 11.4. The largest absolute Gasteiger partial charge is 0.492 e. The van der Waals surface area contributed by atoms with E-state index in [0.717, 1.165) is 21.0 Å². The van der Waals surface area contributed by atoms with E-state index in [4.69, 9.17) is 10.5 Å². The molecule has 0 aliphatic carbocycles. The third-order valence-corrected chi connectivity index (χ3v) is 3.01. The van der Waals surface area contributed by atoms with Gasteiger partial charge < -0.3 is 10.5 Å². The molecule has 1 heterocycles. The van der Waals surface area contributed by atoms with Crippen molar-refractivity contribution in [2.45, 2.75) is 26.3 Å². The number of thiazole rings is 1. The summed E-state index contributed by atoms with van der Waals surface area (Å²) in [6, 6.07) is 5.94. The van der Waals surface area contributed by atoms with Gasteiger partial charge in [-0.25, -0.2) is 4.98 Å². The number of benzene rings is 1. The average molecular weight is 236 g/mol. The molecule has 1 aromatic carbocycles. The van der Waals surface area contributed by atoms with E-state index in [9.17, 15) is 0 Å². The zero-order valence-corrected chi connectivity index (χ0v) is 10.6.